The summed E-state index contributed by atoms with van der Waals surface area (Å²) in [6.07, 6.45) is 7.69. The topological polar surface area (TPSA) is 48.9 Å². The highest BCUT2D eigenvalue weighted by Crippen LogP contribution is 2.15. The number of likely N-dealkylation sites (tertiary alicyclic amines) is 1. The van der Waals surface area contributed by atoms with Crippen LogP contribution in [0.2, 0.25) is 0 Å². The average Bonchev–Trinajstić information content (AvgIpc) is 2.56. The van der Waals surface area contributed by atoms with Crippen LogP contribution in [0.5, 0.6) is 0 Å². The average molecular weight is 313 g/mol. The van der Waals surface area contributed by atoms with E-state index in [0.717, 1.165) is 38.1 Å². The van der Waals surface area contributed by atoms with Crippen molar-refractivity contribution >= 4 is 5.96 Å². The molecular formula is C17H36N4O. The second-order valence-corrected chi connectivity index (χ2v) is 6.22. The van der Waals surface area contributed by atoms with E-state index in [1.807, 2.05) is 7.05 Å². The summed E-state index contributed by atoms with van der Waals surface area (Å²) < 4.78 is 5.15. The van der Waals surface area contributed by atoms with E-state index >= 15 is 0 Å². The van der Waals surface area contributed by atoms with Crippen molar-refractivity contribution in [2.24, 2.45) is 10.9 Å². The van der Waals surface area contributed by atoms with Crippen molar-refractivity contribution in [1.29, 1.82) is 0 Å². The van der Waals surface area contributed by atoms with E-state index in [-0.39, 0.29) is 0 Å². The predicted molar refractivity (Wildman–Crippen MR) is 94.5 cm³/mol. The fourth-order valence-electron chi connectivity index (χ4n) is 2.85. The molecule has 0 aromatic heterocycles. The Hall–Kier alpha value is -0.810. The monoisotopic (exact) mass is 312 g/mol. The zero-order valence-corrected chi connectivity index (χ0v) is 14.9. The Morgan fingerprint density at radius 2 is 1.95 bits per heavy atom. The van der Waals surface area contributed by atoms with Crippen molar-refractivity contribution < 1.29 is 4.74 Å². The Morgan fingerprint density at radius 3 is 2.59 bits per heavy atom. The fraction of sp³-hybridized carbons (Fsp3) is 0.941. The van der Waals surface area contributed by atoms with E-state index in [1.165, 1.54) is 51.6 Å². The Bertz CT molecular complexity index is 288. The first-order valence-corrected chi connectivity index (χ1v) is 8.96. The fourth-order valence-corrected chi connectivity index (χ4v) is 2.85. The van der Waals surface area contributed by atoms with Gasteiger partial charge in [-0.3, -0.25) is 4.99 Å². The zero-order valence-electron chi connectivity index (χ0n) is 14.9. The van der Waals surface area contributed by atoms with E-state index in [9.17, 15) is 0 Å². The van der Waals surface area contributed by atoms with Crippen molar-refractivity contribution in [2.45, 2.75) is 45.4 Å². The molecule has 0 aromatic carbocycles. The van der Waals surface area contributed by atoms with Gasteiger partial charge in [-0.25, -0.2) is 0 Å². The first kappa shape index (κ1) is 19.2. The van der Waals surface area contributed by atoms with Gasteiger partial charge in [0.1, 0.15) is 0 Å². The number of hydrogen-bond donors (Lipinski definition) is 2. The second kappa shape index (κ2) is 12.7. The summed E-state index contributed by atoms with van der Waals surface area (Å²) in [5, 5.41) is 6.90. The molecule has 0 atom stereocenters. The lowest BCUT2D eigenvalue weighted by Crippen LogP contribution is -2.43. The minimum Gasteiger partial charge on any atom is -0.383 e. The van der Waals surface area contributed by atoms with Crippen molar-refractivity contribution in [2.75, 3.05) is 53.5 Å². The number of nitrogens with one attached hydrogen (secondary N) is 2. The zero-order chi connectivity index (χ0) is 16.0. The molecule has 130 valence electrons. The van der Waals surface area contributed by atoms with Gasteiger partial charge >= 0.3 is 0 Å². The number of methoxy groups -OCH3 is 1. The third kappa shape index (κ3) is 8.59. The molecule has 1 aliphatic rings. The van der Waals surface area contributed by atoms with Crippen LogP contribution in [-0.4, -0.2) is 64.3 Å². The summed E-state index contributed by atoms with van der Waals surface area (Å²) in [5.74, 6) is 1.72. The molecule has 2 N–H and O–H groups in total. The number of guanidine groups is 1. The van der Waals surface area contributed by atoms with Crippen molar-refractivity contribution in [3.63, 3.8) is 0 Å². The molecule has 5 heteroatoms. The van der Waals surface area contributed by atoms with Crippen LogP contribution in [0.3, 0.4) is 0 Å². The Morgan fingerprint density at radius 1 is 1.18 bits per heavy atom. The van der Waals surface area contributed by atoms with Gasteiger partial charge in [0.05, 0.1) is 6.61 Å². The van der Waals surface area contributed by atoms with Crippen LogP contribution < -0.4 is 10.6 Å². The summed E-state index contributed by atoms with van der Waals surface area (Å²) in [4.78, 5) is 6.81. The highest BCUT2D eigenvalue weighted by molar-refractivity contribution is 5.79. The van der Waals surface area contributed by atoms with Gasteiger partial charge in [-0.15, -0.1) is 0 Å². The molecule has 0 aromatic rings. The van der Waals surface area contributed by atoms with Crippen LogP contribution in [0.4, 0.5) is 0 Å². The standard InChI is InChI=1S/C17H36N4O/c1-4-5-6-7-10-19-17(18-2)20-15-16-8-11-21(12-9-16)13-14-22-3/h16H,4-15H2,1-3H3,(H2,18,19,20). The lowest BCUT2D eigenvalue weighted by molar-refractivity contribution is 0.121. The van der Waals surface area contributed by atoms with E-state index in [1.54, 1.807) is 7.11 Å². The van der Waals surface area contributed by atoms with Crippen LogP contribution >= 0.6 is 0 Å². The quantitative estimate of drug-likeness (QED) is 0.368. The molecular weight excluding hydrogens is 276 g/mol. The summed E-state index contributed by atoms with van der Waals surface area (Å²) in [5.41, 5.74) is 0. The van der Waals surface area contributed by atoms with Gasteiger partial charge in [-0.2, -0.15) is 0 Å². The van der Waals surface area contributed by atoms with Gasteiger partial charge in [0, 0.05) is 33.8 Å². The molecule has 0 bridgehead atoms. The smallest absolute Gasteiger partial charge is 0.190 e. The molecule has 0 aliphatic carbocycles. The van der Waals surface area contributed by atoms with E-state index in [4.69, 9.17) is 4.74 Å². The van der Waals surface area contributed by atoms with Gasteiger partial charge in [-0.1, -0.05) is 26.2 Å². The highest BCUT2D eigenvalue weighted by atomic mass is 16.5. The molecule has 0 unspecified atom stereocenters. The maximum Gasteiger partial charge on any atom is 0.190 e. The van der Waals surface area contributed by atoms with Gasteiger partial charge in [0.15, 0.2) is 5.96 Å². The van der Waals surface area contributed by atoms with Crippen LogP contribution in [-0.2, 0) is 4.74 Å². The minimum atomic E-state index is 0.762. The van der Waals surface area contributed by atoms with Crippen LogP contribution in [0.25, 0.3) is 0 Å². The predicted octanol–water partition coefficient (Wildman–Crippen LogP) is 2.09. The first-order valence-electron chi connectivity index (χ1n) is 8.96. The van der Waals surface area contributed by atoms with Gasteiger partial charge in [0.2, 0.25) is 0 Å². The van der Waals surface area contributed by atoms with E-state index < -0.39 is 0 Å². The Labute approximate surface area is 136 Å². The molecule has 5 nitrogen and oxygen atoms in total. The summed E-state index contributed by atoms with van der Waals surface area (Å²) in [6, 6.07) is 0. The molecule has 1 heterocycles. The first-order chi connectivity index (χ1) is 10.8. The largest absolute Gasteiger partial charge is 0.383 e. The van der Waals surface area contributed by atoms with Gasteiger partial charge in [0.25, 0.3) is 0 Å². The van der Waals surface area contributed by atoms with Crippen LogP contribution in [0.1, 0.15) is 45.4 Å². The van der Waals surface area contributed by atoms with Crippen molar-refractivity contribution in [1.82, 2.24) is 15.5 Å². The number of ether oxygens (including phenoxy) is 1. The van der Waals surface area contributed by atoms with Gasteiger partial charge in [-0.05, 0) is 38.3 Å². The number of aliphatic imine (C=N–C) groups is 1. The molecule has 22 heavy (non-hydrogen) atoms. The molecule has 1 fully saturated rings. The number of hydrogen-bond acceptors (Lipinski definition) is 3. The molecule has 1 rings (SSSR count). The third-order valence-corrected chi connectivity index (χ3v) is 4.42. The molecule has 0 radical (unpaired) electrons. The number of piperidine rings is 1. The third-order valence-electron chi connectivity index (χ3n) is 4.42. The van der Waals surface area contributed by atoms with Crippen LogP contribution in [0, 0.1) is 5.92 Å². The second-order valence-electron chi connectivity index (χ2n) is 6.22. The lowest BCUT2D eigenvalue weighted by Gasteiger charge is -2.32. The lowest BCUT2D eigenvalue weighted by atomic mass is 9.97. The SMILES string of the molecule is CCCCCCNC(=NC)NCC1CCN(CCOC)CC1. The minimum absolute atomic E-state index is 0.762. The van der Waals surface area contributed by atoms with Gasteiger partial charge < -0.3 is 20.3 Å². The summed E-state index contributed by atoms with van der Waals surface area (Å²) in [7, 11) is 3.63. The Kier molecular flexibility index (Phi) is 11.1. The van der Waals surface area contributed by atoms with Crippen molar-refractivity contribution in [3.05, 3.63) is 0 Å². The highest BCUT2D eigenvalue weighted by Gasteiger charge is 2.18. The molecule has 0 saturated carbocycles. The van der Waals surface area contributed by atoms with E-state index in [0.29, 0.717) is 0 Å². The summed E-state index contributed by atoms with van der Waals surface area (Å²) >= 11 is 0. The number of nitrogens with zero attached hydrogens (tertiary/aromatic N) is 2. The van der Waals surface area contributed by atoms with Crippen molar-refractivity contribution in [3.8, 4) is 0 Å². The summed E-state index contributed by atoms with van der Waals surface area (Å²) in [6.45, 7) is 8.60. The van der Waals surface area contributed by atoms with E-state index in [2.05, 4.69) is 27.4 Å². The molecule has 0 amide bonds. The normalized spacial score (nSPS) is 17.7. The maximum absolute atomic E-state index is 5.15. The molecule has 1 saturated heterocycles. The molecule has 1 aliphatic heterocycles. The number of unbranched alkanes of at least 4 members (excludes halogenated alkanes) is 3. The Balaban J connectivity index is 2.09. The number of rotatable bonds is 10. The molecule has 0 spiro atoms. The van der Waals surface area contributed by atoms with Crippen LogP contribution in [0.15, 0.2) is 4.99 Å². The maximum atomic E-state index is 5.15.